The first kappa shape index (κ1) is 20.0. The van der Waals surface area contributed by atoms with E-state index in [0.29, 0.717) is 16.6 Å². The highest BCUT2D eigenvalue weighted by Gasteiger charge is 2.22. The second-order valence-corrected chi connectivity index (χ2v) is 7.97. The lowest BCUT2D eigenvalue weighted by molar-refractivity contribution is -0.119. The molecule has 1 unspecified atom stereocenters. The van der Waals surface area contributed by atoms with Gasteiger partial charge in [0.25, 0.3) is 5.56 Å². The zero-order chi connectivity index (χ0) is 21.1. The molecule has 0 radical (unpaired) electrons. The normalized spacial score (nSPS) is 12.1. The van der Waals surface area contributed by atoms with Crippen molar-refractivity contribution in [3.8, 4) is 11.1 Å². The maximum Gasteiger partial charge on any atom is 0.263 e. The second kappa shape index (κ2) is 8.63. The van der Waals surface area contributed by atoms with E-state index in [4.69, 9.17) is 0 Å². The van der Waals surface area contributed by atoms with Crippen LogP contribution in [0.2, 0.25) is 0 Å². The number of benzene rings is 2. The van der Waals surface area contributed by atoms with E-state index in [9.17, 15) is 9.59 Å². The topological polar surface area (TPSA) is 64.0 Å². The fourth-order valence-electron chi connectivity index (χ4n) is 3.56. The molecule has 0 bridgehead atoms. The van der Waals surface area contributed by atoms with Gasteiger partial charge in [-0.25, -0.2) is 4.98 Å². The number of fused-ring (bicyclic) bond motifs is 1. The lowest BCUT2D eigenvalue weighted by atomic mass is 10.1. The SMILES string of the molecule is CCc1ccc(NC(=O)C(CC)n2cnc3scc(-c4ccccc4)c3c2=O)cc1. The van der Waals surface area contributed by atoms with Gasteiger partial charge in [0.1, 0.15) is 10.9 Å². The van der Waals surface area contributed by atoms with Gasteiger partial charge in [-0.1, -0.05) is 56.3 Å². The number of nitrogens with one attached hydrogen (secondary N) is 1. The van der Waals surface area contributed by atoms with Crippen molar-refractivity contribution in [1.82, 2.24) is 9.55 Å². The summed E-state index contributed by atoms with van der Waals surface area (Å²) in [5.74, 6) is -0.221. The molecular weight excluding hydrogens is 394 g/mol. The number of thiophene rings is 1. The van der Waals surface area contributed by atoms with Crippen LogP contribution in [0.5, 0.6) is 0 Å². The third-order valence-corrected chi connectivity index (χ3v) is 6.15. The number of rotatable bonds is 6. The number of hydrogen-bond acceptors (Lipinski definition) is 4. The number of nitrogens with zero attached hydrogens (tertiary/aromatic N) is 2. The predicted octanol–water partition coefficient (Wildman–Crippen LogP) is 5.28. The lowest BCUT2D eigenvalue weighted by Crippen LogP contribution is -2.33. The molecule has 4 aromatic rings. The van der Waals surface area contributed by atoms with Crippen LogP contribution in [0.25, 0.3) is 21.3 Å². The van der Waals surface area contributed by atoms with Crippen LogP contribution >= 0.6 is 11.3 Å². The van der Waals surface area contributed by atoms with Crippen LogP contribution in [0.1, 0.15) is 31.9 Å². The van der Waals surface area contributed by atoms with Gasteiger partial charge in [0.05, 0.1) is 11.7 Å². The first-order valence-electron chi connectivity index (χ1n) is 10.1. The Morgan fingerprint density at radius 1 is 1.10 bits per heavy atom. The van der Waals surface area contributed by atoms with E-state index in [2.05, 4.69) is 17.2 Å². The summed E-state index contributed by atoms with van der Waals surface area (Å²) in [7, 11) is 0. The molecular formula is C24H23N3O2S. The second-order valence-electron chi connectivity index (χ2n) is 7.12. The van der Waals surface area contributed by atoms with Crippen molar-refractivity contribution in [3.05, 3.63) is 82.2 Å². The van der Waals surface area contributed by atoms with E-state index >= 15 is 0 Å². The van der Waals surface area contributed by atoms with Gasteiger partial charge in [0.15, 0.2) is 0 Å². The number of carbonyl (C=O) groups excluding carboxylic acids is 1. The highest BCUT2D eigenvalue weighted by atomic mass is 32.1. The van der Waals surface area contributed by atoms with Gasteiger partial charge >= 0.3 is 0 Å². The van der Waals surface area contributed by atoms with Gasteiger partial charge in [-0.05, 0) is 36.1 Å². The fourth-order valence-corrected chi connectivity index (χ4v) is 4.46. The number of anilines is 1. The summed E-state index contributed by atoms with van der Waals surface area (Å²) < 4.78 is 1.46. The maximum atomic E-state index is 13.4. The van der Waals surface area contributed by atoms with Crippen LogP contribution in [-0.2, 0) is 11.2 Å². The number of amides is 1. The Bertz CT molecular complexity index is 1230. The Labute approximate surface area is 179 Å². The van der Waals surface area contributed by atoms with Crippen molar-refractivity contribution >= 4 is 33.1 Å². The molecule has 1 N–H and O–H groups in total. The molecule has 0 fully saturated rings. The molecule has 1 amide bonds. The summed E-state index contributed by atoms with van der Waals surface area (Å²) in [6.45, 7) is 3.98. The van der Waals surface area contributed by atoms with Crippen molar-refractivity contribution in [2.75, 3.05) is 5.32 Å². The predicted molar refractivity (Wildman–Crippen MR) is 123 cm³/mol. The van der Waals surface area contributed by atoms with Gasteiger partial charge in [-0.3, -0.25) is 14.2 Å². The number of aryl methyl sites for hydroxylation is 1. The molecule has 2 aromatic heterocycles. The first-order chi connectivity index (χ1) is 14.6. The molecule has 1 atom stereocenters. The van der Waals surface area contributed by atoms with Crippen molar-refractivity contribution in [2.24, 2.45) is 0 Å². The number of hydrogen-bond donors (Lipinski definition) is 1. The fraction of sp³-hybridized carbons (Fsp3) is 0.208. The van der Waals surface area contributed by atoms with Crippen LogP contribution in [0.4, 0.5) is 5.69 Å². The zero-order valence-electron chi connectivity index (χ0n) is 17.0. The number of carbonyl (C=O) groups is 1. The van der Waals surface area contributed by atoms with E-state index < -0.39 is 6.04 Å². The molecule has 2 heterocycles. The van der Waals surface area contributed by atoms with Crippen LogP contribution in [0, 0.1) is 0 Å². The standard InChI is InChI=1S/C24H23N3O2S/c1-3-16-10-12-18(13-11-16)26-22(28)20(4-2)27-15-25-23-21(24(27)29)19(14-30-23)17-8-6-5-7-9-17/h5-15,20H,3-4H2,1-2H3,(H,26,28). The van der Waals surface area contributed by atoms with Gasteiger partial charge in [-0.2, -0.15) is 0 Å². The molecule has 0 saturated carbocycles. The lowest BCUT2D eigenvalue weighted by Gasteiger charge is -2.18. The third kappa shape index (κ3) is 3.78. The minimum Gasteiger partial charge on any atom is -0.324 e. The van der Waals surface area contributed by atoms with Crippen molar-refractivity contribution in [2.45, 2.75) is 32.7 Å². The van der Waals surface area contributed by atoms with Gasteiger partial charge in [0.2, 0.25) is 5.91 Å². The van der Waals surface area contributed by atoms with Gasteiger partial charge < -0.3 is 5.32 Å². The van der Waals surface area contributed by atoms with E-state index in [0.717, 1.165) is 23.2 Å². The average molecular weight is 418 g/mol. The summed E-state index contributed by atoms with van der Waals surface area (Å²) in [5, 5.41) is 5.45. The molecule has 30 heavy (non-hydrogen) atoms. The Hall–Kier alpha value is -3.25. The van der Waals surface area contributed by atoms with E-state index in [1.165, 1.54) is 27.8 Å². The highest BCUT2D eigenvalue weighted by Crippen LogP contribution is 2.30. The Morgan fingerprint density at radius 2 is 1.83 bits per heavy atom. The number of aromatic nitrogens is 2. The minimum absolute atomic E-state index is 0.191. The highest BCUT2D eigenvalue weighted by molar-refractivity contribution is 7.17. The largest absolute Gasteiger partial charge is 0.324 e. The summed E-state index contributed by atoms with van der Waals surface area (Å²) in [5.41, 5.74) is 3.56. The molecule has 0 spiro atoms. The quantitative estimate of drug-likeness (QED) is 0.464. The van der Waals surface area contributed by atoms with Gasteiger partial charge in [-0.15, -0.1) is 11.3 Å². The van der Waals surface area contributed by atoms with Crippen molar-refractivity contribution < 1.29 is 4.79 Å². The molecule has 2 aromatic carbocycles. The molecule has 5 nitrogen and oxygen atoms in total. The van der Waals surface area contributed by atoms with Crippen LogP contribution in [0.3, 0.4) is 0 Å². The smallest absolute Gasteiger partial charge is 0.263 e. The summed E-state index contributed by atoms with van der Waals surface area (Å²) in [6, 6.07) is 16.9. The molecule has 0 aliphatic rings. The van der Waals surface area contributed by atoms with E-state index in [1.54, 1.807) is 0 Å². The van der Waals surface area contributed by atoms with Crippen LogP contribution in [0.15, 0.2) is 71.1 Å². The van der Waals surface area contributed by atoms with E-state index in [-0.39, 0.29) is 11.5 Å². The molecule has 0 saturated heterocycles. The Balaban J connectivity index is 1.70. The van der Waals surface area contributed by atoms with Crippen molar-refractivity contribution in [3.63, 3.8) is 0 Å². The summed E-state index contributed by atoms with van der Waals surface area (Å²) >= 11 is 1.44. The molecule has 0 aliphatic heterocycles. The summed E-state index contributed by atoms with van der Waals surface area (Å²) in [6.07, 6.45) is 2.91. The Kier molecular flexibility index (Phi) is 5.77. The molecule has 0 aliphatic carbocycles. The minimum atomic E-state index is -0.635. The van der Waals surface area contributed by atoms with Crippen LogP contribution < -0.4 is 10.9 Å². The third-order valence-electron chi connectivity index (χ3n) is 5.26. The van der Waals surface area contributed by atoms with Gasteiger partial charge in [0, 0.05) is 16.6 Å². The first-order valence-corrected chi connectivity index (χ1v) is 10.9. The van der Waals surface area contributed by atoms with Crippen LogP contribution in [-0.4, -0.2) is 15.5 Å². The molecule has 6 heteroatoms. The zero-order valence-corrected chi connectivity index (χ0v) is 17.8. The molecule has 152 valence electrons. The maximum absolute atomic E-state index is 13.4. The average Bonchev–Trinajstić information content (AvgIpc) is 3.22. The van der Waals surface area contributed by atoms with E-state index in [1.807, 2.05) is 66.9 Å². The monoisotopic (exact) mass is 417 g/mol. The Morgan fingerprint density at radius 3 is 2.50 bits per heavy atom. The van der Waals surface area contributed by atoms with Crippen molar-refractivity contribution in [1.29, 1.82) is 0 Å². The summed E-state index contributed by atoms with van der Waals surface area (Å²) in [4.78, 5) is 31.5. The molecule has 4 rings (SSSR count).